The summed E-state index contributed by atoms with van der Waals surface area (Å²) in [6.45, 7) is 2.89. The van der Waals surface area contributed by atoms with Crippen LogP contribution in [0.5, 0.6) is 11.5 Å². The normalized spacial score (nSPS) is 13.0. The Morgan fingerprint density at radius 3 is 2.00 bits per heavy atom. The molecule has 6 nitrogen and oxygen atoms in total. The standard InChI is InChI=1S/C21H20N2O4S/c1-15-2-4-16(5-3-15)22-17-6-8-18(9-7-17)23-28(24,25)19-10-11-20-21(14-19)27-13-12-26-20/h2-11,14,22-23H,12-13H2,1H3. The molecule has 0 aromatic heterocycles. The topological polar surface area (TPSA) is 76.7 Å². The van der Waals surface area contributed by atoms with Crippen molar-refractivity contribution in [3.8, 4) is 11.5 Å². The number of hydrogen-bond acceptors (Lipinski definition) is 5. The van der Waals surface area contributed by atoms with Gasteiger partial charge in [-0.05, 0) is 55.5 Å². The zero-order valence-corrected chi connectivity index (χ0v) is 16.1. The summed E-state index contributed by atoms with van der Waals surface area (Å²) in [5.41, 5.74) is 3.50. The quantitative estimate of drug-likeness (QED) is 0.672. The summed E-state index contributed by atoms with van der Waals surface area (Å²) in [6.07, 6.45) is 0. The van der Waals surface area contributed by atoms with Gasteiger partial charge in [-0.1, -0.05) is 17.7 Å². The molecule has 1 heterocycles. The van der Waals surface area contributed by atoms with Crippen molar-refractivity contribution in [2.75, 3.05) is 23.3 Å². The molecule has 0 unspecified atom stereocenters. The van der Waals surface area contributed by atoms with Crippen molar-refractivity contribution in [2.24, 2.45) is 0 Å². The number of aryl methyl sites for hydroxylation is 1. The highest BCUT2D eigenvalue weighted by Crippen LogP contribution is 2.32. The third kappa shape index (κ3) is 4.04. The lowest BCUT2D eigenvalue weighted by molar-refractivity contribution is 0.171. The predicted molar refractivity (Wildman–Crippen MR) is 109 cm³/mol. The minimum Gasteiger partial charge on any atom is -0.486 e. The minimum absolute atomic E-state index is 0.124. The molecule has 0 bridgehead atoms. The van der Waals surface area contributed by atoms with E-state index >= 15 is 0 Å². The van der Waals surface area contributed by atoms with E-state index in [4.69, 9.17) is 9.47 Å². The fourth-order valence-corrected chi connectivity index (χ4v) is 3.90. The molecule has 2 N–H and O–H groups in total. The summed E-state index contributed by atoms with van der Waals surface area (Å²) in [4.78, 5) is 0.124. The summed E-state index contributed by atoms with van der Waals surface area (Å²) < 4.78 is 38.8. The zero-order valence-electron chi connectivity index (χ0n) is 15.3. The average molecular weight is 396 g/mol. The SMILES string of the molecule is Cc1ccc(Nc2ccc(NS(=O)(=O)c3ccc4c(c3)OCCO4)cc2)cc1. The number of ether oxygens (including phenoxy) is 2. The van der Waals surface area contributed by atoms with E-state index in [2.05, 4.69) is 10.0 Å². The molecule has 0 amide bonds. The van der Waals surface area contributed by atoms with E-state index < -0.39 is 10.0 Å². The maximum absolute atomic E-state index is 12.7. The molecule has 1 aliphatic rings. The zero-order chi connectivity index (χ0) is 19.6. The Bertz CT molecular complexity index is 1080. The van der Waals surface area contributed by atoms with Crippen LogP contribution in [0.3, 0.4) is 0 Å². The van der Waals surface area contributed by atoms with Gasteiger partial charge in [0.05, 0.1) is 4.90 Å². The fraction of sp³-hybridized carbons (Fsp3) is 0.143. The highest BCUT2D eigenvalue weighted by atomic mass is 32.2. The van der Waals surface area contributed by atoms with Crippen LogP contribution < -0.4 is 19.5 Å². The number of benzene rings is 3. The van der Waals surface area contributed by atoms with Gasteiger partial charge in [0, 0.05) is 23.1 Å². The van der Waals surface area contributed by atoms with Gasteiger partial charge in [0.2, 0.25) is 0 Å². The van der Waals surface area contributed by atoms with Crippen LogP contribution in [0.25, 0.3) is 0 Å². The predicted octanol–water partition coefficient (Wildman–Crippen LogP) is 4.31. The first-order valence-corrected chi connectivity index (χ1v) is 10.3. The molecule has 28 heavy (non-hydrogen) atoms. The number of nitrogens with one attached hydrogen (secondary N) is 2. The second kappa shape index (κ2) is 7.44. The van der Waals surface area contributed by atoms with Crippen LogP contribution >= 0.6 is 0 Å². The van der Waals surface area contributed by atoms with Crippen molar-refractivity contribution in [3.63, 3.8) is 0 Å². The Morgan fingerprint density at radius 2 is 1.32 bits per heavy atom. The van der Waals surface area contributed by atoms with Crippen molar-refractivity contribution < 1.29 is 17.9 Å². The highest BCUT2D eigenvalue weighted by molar-refractivity contribution is 7.92. The van der Waals surface area contributed by atoms with Crippen LogP contribution in [0.2, 0.25) is 0 Å². The highest BCUT2D eigenvalue weighted by Gasteiger charge is 2.19. The molecule has 7 heteroatoms. The van der Waals surface area contributed by atoms with Gasteiger partial charge in [-0.15, -0.1) is 0 Å². The van der Waals surface area contributed by atoms with E-state index in [1.54, 1.807) is 18.2 Å². The molecular weight excluding hydrogens is 376 g/mol. The summed E-state index contributed by atoms with van der Waals surface area (Å²) in [6, 6.07) is 19.7. The number of anilines is 3. The molecule has 0 saturated carbocycles. The molecule has 3 aromatic carbocycles. The lowest BCUT2D eigenvalue weighted by Gasteiger charge is -2.19. The number of fused-ring (bicyclic) bond motifs is 1. The second-order valence-electron chi connectivity index (χ2n) is 6.48. The number of rotatable bonds is 5. The van der Waals surface area contributed by atoms with Gasteiger partial charge in [-0.25, -0.2) is 8.42 Å². The van der Waals surface area contributed by atoms with Crippen molar-refractivity contribution in [1.29, 1.82) is 0 Å². The third-order valence-corrected chi connectivity index (χ3v) is 5.68. The molecule has 0 fully saturated rings. The van der Waals surface area contributed by atoms with Crippen LogP contribution in [-0.2, 0) is 10.0 Å². The van der Waals surface area contributed by atoms with Gasteiger partial charge >= 0.3 is 0 Å². The third-order valence-electron chi connectivity index (χ3n) is 4.30. The summed E-state index contributed by atoms with van der Waals surface area (Å²) in [7, 11) is -3.73. The van der Waals surface area contributed by atoms with Gasteiger partial charge in [0.25, 0.3) is 10.0 Å². The second-order valence-corrected chi connectivity index (χ2v) is 8.16. The smallest absolute Gasteiger partial charge is 0.262 e. The van der Waals surface area contributed by atoms with Crippen molar-refractivity contribution >= 4 is 27.1 Å². The Morgan fingerprint density at radius 1 is 0.750 bits per heavy atom. The van der Waals surface area contributed by atoms with Crippen LogP contribution in [0.15, 0.2) is 71.6 Å². The van der Waals surface area contributed by atoms with E-state index in [-0.39, 0.29) is 4.90 Å². The van der Waals surface area contributed by atoms with Gasteiger partial charge in [0.1, 0.15) is 13.2 Å². The van der Waals surface area contributed by atoms with E-state index in [1.165, 1.54) is 17.7 Å². The Kier molecular flexibility index (Phi) is 4.83. The maximum atomic E-state index is 12.7. The van der Waals surface area contributed by atoms with Crippen molar-refractivity contribution in [3.05, 3.63) is 72.3 Å². The lowest BCUT2D eigenvalue weighted by atomic mass is 10.2. The van der Waals surface area contributed by atoms with Gasteiger partial charge in [-0.3, -0.25) is 4.72 Å². The first kappa shape index (κ1) is 18.2. The molecule has 4 rings (SSSR count). The molecule has 3 aromatic rings. The Hall–Kier alpha value is -3.19. The Labute approximate surface area is 164 Å². The first-order valence-electron chi connectivity index (χ1n) is 8.86. The van der Waals surface area contributed by atoms with Crippen LogP contribution in [-0.4, -0.2) is 21.6 Å². The van der Waals surface area contributed by atoms with E-state index in [0.29, 0.717) is 30.4 Å². The molecule has 0 atom stereocenters. The van der Waals surface area contributed by atoms with Crippen molar-refractivity contribution in [1.82, 2.24) is 0 Å². The van der Waals surface area contributed by atoms with E-state index in [0.717, 1.165) is 11.4 Å². The largest absolute Gasteiger partial charge is 0.486 e. The molecule has 0 aliphatic carbocycles. The molecule has 0 radical (unpaired) electrons. The summed E-state index contributed by atoms with van der Waals surface area (Å²) in [5.74, 6) is 0.989. The average Bonchev–Trinajstić information content (AvgIpc) is 2.70. The van der Waals surface area contributed by atoms with E-state index in [9.17, 15) is 8.42 Å². The molecule has 1 aliphatic heterocycles. The number of hydrogen-bond donors (Lipinski definition) is 2. The van der Waals surface area contributed by atoms with Gasteiger partial charge in [-0.2, -0.15) is 0 Å². The van der Waals surface area contributed by atoms with E-state index in [1.807, 2.05) is 43.3 Å². The minimum atomic E-state index is -3.73. The fourth-order valence-electron chi connectivity index (χ4n) is 2.83. The molecule has 144 valence electrons. The lowest BCUT2D eigenvalue weighted by Crippen LogP contribution is -2.17. The monoisotopic (exact) mass is 396 g/mol. The Balaban J connectivity index is 1.48. The van der Waals surface area contributed by atoms with Crippen LogP contribution in [0, 0.1) is 6.92 Å². The summed E-state index contributed by atoms with van der Waals surface area (Å²) >= 11 is 0. The molecule has 0 spiro atoms. The van der Waals surface area contributed by atoms with Crippen molar-refractivity contribution in [2.45, 2.75) is 11.8 Å². The number of sulfonamides is 1. The molecular formula is C21H20N2O4S. The summed E-state index contributed by atoms with van der Waals surface area (Å²) in [5, 5.41) is 3.28. The van der Waals surface area contributed by atoms with Crippen LogP contribution in [0.1, 0.15) is 5.56 Å². The van der Waals surface area contributed by atoms with Crippen LogP contribution in [0.4, 0.5) is 17.1 Å². The maximum Gasteiger partial charge on any atom is 0.262 e. The first-order chi connectivity index (χ1) is 13.5. The van der Waals surface area contributed by atoms with Gasteiger partial charge in [0.15, 0.2) is 11.5 Å². The van der Waals surface area contributed by atoms with Gasteiger partial charge < -0.3 is 14.8 Å². The molecule has 0 saturated heterocycles.